The van der Waals surface area contributed by atoms with Gasteiger partial charge in [0.05, 0.1) is 12.5 Å². The summed E-state index contributed by atoms with van der Waals surface area (Å²) < 4.78 is 5.34. The number of ether oxygens (including phenoxy) is 1. The van der Waals surface area contributed by atoms with E-state index in [-0.39, 0.29) is 11.8 Å². The average Bonchev–Trinajstić information content (AvgIpc) is 2.48. The van der Waals surface area contributed by atoms with Crippen LogP contribution in [0.4, 0.5) is 5.69 Å². The zero-order valence-electron chi connectivity index (χ0n) is 11.6. The van der Waals surface area contributed by atoms with Crippen molar-refractivity contribution in [3.05, 3.63) is 29.8 Å². The lowest BCUT2D eigenvalue weighted by Gasteiger charge is -2.21. The average molecular weight is 262 g/mol. The summed E-state index contributed by atoms with van der Waals surface area (Å²) in [6, 6.07) is 8.29. The molecule has 1 aliphatic rings. The van der Waals surface area contributed by atoms with E-state index in [4.69, 9.17) is 4.74 Å². The Morgan fingerprint density at radius 1 is 1.37 bits per heavy atom. The summed E-state index contributed by atoms with van der Waals surface area (Å²) in [4.78, 5) is 12.0. The zero-order valence-corrected chi connectivity index (χ0v) is 11.6. The highest BCUT2D eigenvalue weighted by Gasteiger charge is 2.21. The fourth-order valence-electron chi connectivity index (χ4n) is 2.21. The maximum atomic E-state index is 12.0. The Bertz CT molecular complexity index is 411. The minimum absolute atomic E-state index is 0.00958. The largest absolute Gasteiger partial charge is 0.381 e. The number of carbonyl (C=O) groups is 1. The minimum Gasteiger partial charge on any atom is -0.381 e. The van der Waals surface area contributed by atoms with Gasteiger partial charge in [0.2, 0.25) is 5.91 Å². The van der Waals surface area contributed by atoms with Crippen molar-refractivity contribution in [2.75, 3.05) is 25.6 Å². The molecule has 0 bridgehead atoms. The number of amides is 1. The summed E-state index contributed by atoms with van der Waals surface area (Å²) in [6.07, 6.45) is 1.89. The van der Waals surface area contributed by atoms with Crippen molar-refractivity contribution >= 4 is 11.6 Å². The predicted molar refractivity (Wildman–Crippen MR) is 76.1 cm³/mol. The zero-order chi connectivity index (χ0) is 13.7. The first-order valence-electron chi connectivity index (χ1n) is 6.86. The Kier molecular flexibility index (Phi) is 4.93. The van der Waals surface area contributed by atoms with Crippen molar-refractivity contribution in [3.8, 4) is 0 Å². The number of hydrogen-bond donors (Lipinski definition) is 2. The lowest BCUT2D eigenvalue weighted by molar-refractivity contribution is -0.123. The van der Waals surface area contributed by atoms with Crippen molar-refractivity contribution in [1.29, 1.82) is 0 Å². The van der Waals surface area contributed by atoms with E-state index in [2.05, 4.69) is 17.6 Å². The molecule has 1 aromatic rings. The number of rotatable bonds is 4. The molecule has 1 fully saturated rings. The highest BCUT2D eigenvalue weighted by molar-refractivity contribution is 5.92. The molecule has 0 aliphatic carbocycles. The van der Waals surface area contributed by atoms with Gasteiger partial charge in [0.25, 0.3) is 0 Å². The molecule has 2 atom stereocenters. The molecule has 1 aromatic carbocycles. The van der Waals surface area contributed by atoms with E-state index in [1.165, 1.54) is 5.56 Å². The van der Waals surface area contributed by atoms with Crippen LogP contribution in [-0.4, -0.2) is 26.2 Å². The second-order valence-corrected chi connectivity index (χ2v) is 5.04. The van der Waals surface area contributed by atoms with E-state index in [1.807, 2.05) is 31.3 Å². The number of hydrogen-bond acceptors (Lipinski definition) is 3. The maximum Gasteiger partial charge on any atom is 0.229 e. The second kappa shape index (κ2) is 6.68. The molecule has 1 heterocycles. The topological polar surface area (TPSA) is 50.4 Å². The van der Waals surface area contributed by atoms with E-state index in [0.29, 0.717) is 12.6 Å². The Labute approximate surface area is 114 Å². The monoisotopic (exact) mass is 262 g/mol. The lowest BCUT2D eigenvalue weighted by Crippen LogP contribution is -2.30. The molecule has 2 unspecified atom stereocenters. The minimum atomic E-state index is -0.00958. The van der Waals surface area contributed by atoms with E-state index in [0.717, 1.165) is 25.1 Å². The van der Waals surface area contributed by atoms with Crippen LogP contribution in [0.5, 0.6) is 0 Å². The summed E-state index contributed by atoms with van der Waals surface area (Å²) in [5.74, 6) is 0.0544. The molecule has 1 saturated heterocycles. The summed E-state index contributed by atoms with van der Waals surface area (Å²) in [6.45, 7) is 3.42. The molecule has 1 aliphatic heterocycles. The normalized spacial score (nSPS) is 20.8. The van der Waals surface area contributed by atoms with Crippen LogP contribution in [0.25, 0.3) is 0 Å². The van der Waals surface area contributed by atoms with Gasteiger partial charge in [0, 0.05) is 18.3 Å². The fraction of sp³-hybridized carbons (Fsp3) is 0.533. The van der Waals surface area contributed by atoms with Crippen LogP contribution in [0.1, 0.15) is 31.4 Å². The molecule has 104 valence electrons. The van der Waals surface area contributed by atoms with Gasteiger partial charge >= 0.3 is 0 Å². The van der Waals surface area contributed by atoms with Crippen molar-refractivity contribution in [3.63, 3.8) is 0 Å². The van der Waals surface area contributed by atoms with Gasteiger partial charge in [-0.15, -0.1) is 0 Å². The van der Waals surface area contributed by atoms with Crippen LogP contribution in [-0.2, 0) is 9.53 Å². The Hall–Kier alpha value is -1.39. The molecule has 0 saturated carbocycles. The fourth-order valence-corrected chi connectivity index (χ4v) is 2.21. The van der Waals surface area contributed by atoms with Crippen LogP contribution < -0.4 is 10.6 Å². The molecular formula is C15H22N2O2. The number of anilines is 1. The molecule has 4 heteroatoms. The molecule has 1 amide bonds. The van der Waals surface area contributed by atoms with E-state index >= 15 is 0 Å². The van der Waals surface area contributed by atoms with Gasteiger partial charge in [-0.05, 0) is 44.5 Å². The smallest absolute Gasteiger partial charge is 0.229 e. The third-order valence-corrected chi connectivity index (χ3v) is 3.64. The SMILES string of the molecule is CNC(C)c1ccc(NC(=O)C2CCCOC2)cc1. The molecule has 4 nitrogen and oxygen atoms in total. The van der Waals surface area contributed by atoms with Crippen molar-refractivity contribution in [1.82, 2.24) is 5.32 Å². The Morgan fingerprint density at radius 3 is 2.68 bits per heavy atom. The van der Waals surface area contributed by atoms with Crippen molar-refractivity contribution < 1.29 is 9.53 Å². The molecule has 2 N–H and O–H groups in total. The number of nitrogens with one attached hydrogen (secondary N) is 2. The van der Waals surface area contributed by atoms with Gasteiger partial charge in [-0.2, -0.15) is 0 Å². The van der Waals surface area contributed by atoms with Crippen LogP contribution >= 0.6 is 0 Å². The highest BCUT2D eigenvalue weighted by atomic mass is 16.5. The first kappa shape index (κ1) is 14.0. The van der Waals surface area contributed by atoms with Crippen LogP contribution in [0.15, 0.2) is 24.3 Å². The van der Waals surface area contributed by atoms with E-state index in [1.54, 1.807) is 0 Å². The standard InChI is InChI=1S/C15H22N2O2/c1-11(16-2)12-5-7-14(8-6-12)17-15(18)13-4-3-9-19-10-13/h5-8,11,13,16H,3-4,9-10H2,1-2H3,(H,17,18). The van der Waals surface area contributed by atoms with Crippen molar-refractivity contribution in [2.24, 2.45) is 5.92 Å². The summed E-state index contributed by atoms with van der Waals surface area (Å²) in [7, 11) is 1.93. The van der Waals surface area contributed by atoms with Crippen LogP contribution in [0.2, 0.25) is 0 Å². The Balaban J connectivity index is 1.93. The first-order chi connectivity index (χ1) is 9.20. The molecular weight excluding hydrogens is 240 g/mol. The molecule has 0 aromatic heterocycles. The summed E-state index contributed by atoms with van der Waals surface area (Å²) in [5.41, 5.74) is 2.06. The number of benzene rings is 1. The van der Waals surface area contributed by atoms with Crippen LogP contribution in [0, 0.1) is 5.92 Å². The van der Waals surface area contributed by atoms with E-state index < -0.39 is 0 Å². The molecule has 2 rings (SSSR count). The Morgan fingerprint density at radius 2 is 2.11 bits per heavy atom. The second-order valence-electron chi connectivity index (χ2n) is 5.04. The van der Waals surface area contributed by atoms with Crippen LogP contribution in [0.3, 0.4) is 0 Å². The lowest BCUT2D eigenvalue weighted by atomic mass is 10.0. The van der Waals surface area contributed by atoms with Gasteiger partial charge in [0.15, 0.2) is 0 Å². The van der Waals surface area contributed by atoms with Gasteiger partial charge in [-0.1, -0.05) is 12.1 Å². The maximum absolute atomic E-state index is 12.0. The third kappa shape index (κ3) is 3.78. The highest BCUT2D eigenvalue weighted by Crippen LogP contribution is 2.18. The predicted octanol–water partition coefficient (Wildman–Crippen LogP) is 2.33. The first-order valence-corrected chi connectivity index (χ1v) is 6.86. The van der Waals surface area contributed by atoms with Crippen molar-refractivity contribution in [2.45, 2.75) is 25.8 Å². The summed E-state index contributed by atoms with van der Waals surface area (Å²) >= 11 is 0. The van der Waals surface area contributed by atoms with Gasteiger partial charge < -0.3 is 15.4 Å². The quantitative estimate of drug-likeness (QED) is 0.875. The summed E-state index contributed by atoms with van der Waals surface area (Å²) in [5, 5.41) is 6.15. The number of carbonyl (C=O) groups excluding carboxylic acids is 1. The van der Waals surface area contributed by atoms with Gasteiger partial charge in [-0.3, -0.25) is 4.79 Å². The van der Waals surface area contributed by atoms with Gasteiger partial charge in [-0.25, -0.2) is 0 Å². The molecule has 0 radical (unpaired) electrons. The molecule has 0 spiro atoms. The third-order valence-electron chi connectivity index (χ3n) is 3.64. The van der Waals surface area contributed by atoms with E-state index in [9.17, 15) is 4.79 Å². The van der Waals surface area contributed by atoms with Gasteiger partial charge in [0.1, 0.15) is 0 Å². The molecule has 19 heavy (non-hydrogen) atoms.